The Hall–Kier alpha value is -6.50. The molecule has 63 heavy (non-hydrogen) atoms. The summed E-state index contributed by atoms with van der Waals surface area (Å²) in [6.45, 7) is 7.31. The number of carbonyl (C=O) groups excluding carboxylic acids is 2. The number of hydrogen-bond acceptors (Lipinski definition) is 13. The van der Waals surface area contributed by atoms with Crippen molar-refractivity contribution >= 4 is 45.6 Å². The Labute approximate surface area is 360 Å². The monoisotopic (exact) mass is 860 g/mol. The first kappa shape index (κ1) is 39.4. The fourth-order valence-electron chi connectivity index (χ4n) is 10.3. The number of imidazole rings is 1. The number of carbonyl (C=O) groups is 2. The van der Waals surface area contributed by atoms with Crippen molar-refractivity contribution in [2.75, 3.05) is 43.1 Å². The summed E-state index contributed by atoms with van der Waals surface area (Å²) in [6.07, 6.45) is 5.59. The molecule has 4 aromatic heterocycles. The van der Waals surface area contributed by atoms with E-state index in [4.69, 9.17) is 29.4 Å². The number of halogens is 2. The molecular formula is C44H46F2N12O5. The number of nitrogens with zero attached hydrogens (tertiary/aromatic N) is 12. The van der Waals surface area contributed by atoms with Gasteiger partial charge in [-0.1, -0.05) is 0 Å². The number of aromatic nitrogens is 8. The Morgan fingerprint density at radius 2 is 1.79 bits per heavy atom. The second-order valence-electron chi connectivity index (χ2n) is 17.6. The number of aryl methyl sites for hydroxylation is 1. The van der Waals surface area contributed by atoms with Crippen LogP contribution in [-0.4, -0.2) is 135 Å². The molecule has 1 saturated carbocycles. The van der Waals surface area contributed by atoms with Crippen LogP contribution in [-0.2, 0) is 20.9 Å². The van der Waals surface area contributed by atoms with E-state index in [0.717, 1.165) is 25.3 Å². The number of likely N-dealkylation sites (N-methyl/N-ethyl adjacent to an activating group) is 1. The summed E-state index contributed by atoms with van der Waals surface area (Å²) in [5.41, 5.74) is 1.65. The zero-order chi connectivity index (χ0) is 43.5. The molecule has 1 N–H and O–H groups in total. The maximum atomic E-state index is 15.2. The van der Waals surface area contributed by atoms with Gasteiger partial charge in [-0.2, -0.15) is 20.1 Å². The summed E-state index contributed by atoms with van der Waals surface area (Å²) in [6, 6.07) is 7.59. The van der Waals surface area contributed by atoms with Crippen molar-refractivity contribution in [1.82, 2.24) is 49.1 Å². The van der Waals surface area contributed by atoms with Gasteiger partial charge in [0.2, 0.25) is 17.8 Å². The Balaban J connectivity index is 1.05. The quantitative estimate of drug-likeness (QED) is 0.248. The first-order valence-corrected chi connectivity index (χ1v) is 21.5. The lowest BCUT2D eigenvalue weighted by molar-refractivity contribution is -0.138. The van der Waals surface area contributed by atoms with E-state index < -0.39 is 35.4 Å². The van der Waals surface area contributed by atoms with Gasteiger partial charge in [-0.15, -0.1) is 0 Å². The highest BCUT2D eigenvalue weighted by molar-refractivity contribution is 5.96. The van der Waals surface area contributed by atoms with Gasteiger partial charge in [-0.25, -0.2) is 23.4 Å². The van der Waals surface area contributed by atoms with Crippen LogP contribution >= 0.6 is 0 Å². The van der Waals surface area contributed by atoms with Gasteiger partial charge in [0.1, 0.15) is 52.4 Å². The molecule has 1 aliphatic carbocycles. The predicted octanol–water partition coefficient (Wildman–Crippen LogP) is 4.55. The fourth-order valence-corrected chi connectivity index (χ4v) is 10.3. The minimum atomic E-state index is -0.923. The molecule has 11 rings (SSSR count). The van der Waals surface area contributed by atoms with Crippen LogP contribution in [0.1, 0.15) is 51.8 Å². The van der Waals surface area contributed by atoms with E-state index in [-0.39, 0.29) is 66.8 Å². The maximum Gasteiger partial charge on any atom is 0.317 e. The average Bonchev–Trinajstić information content (AvgIpc) is 3.62. The van der Waals surface area contributed by atoms with Gasteiger partial charge >= 0.3 is 6.01 Å². The summed E-state index contributed by atoms with van der Waals surface area (Å²) < 4.78 is 45.8. The number of phenols is 1. The highest BCUT2D eigenvalue weighted by Gasteiger charge is 2.58. The molecule has 4 aliphatic heterocycles. The van der Waals surface area contributed by atoms with Gasteiger partial charge in [-0.05, 0) is 70.7 Å². The second-order valence-corrected chi connectivity index (χ2v) is 17.6. The zero-order valence-electron chi connectivity index (χ0n) is 35.3. The highest BCUT2D eigenvalue weighted by atomic mass is 19.1. The smallest absolute Gasteiger partial charge is 0.317 e. The molecule has 6 bridgehead atoms. The van der Waals surface area contributed by atoms with E-state index in [1.165, 1.54) is 28.9 Å². The Kier molecular flexibility index (Phi) is 9.08. The van der Waals surface area contributed by atoms with Crippen molar-refractivity contribution in [3.8, 4) is 28.7 Å². The molecule has 5 aliphatic rings. The van der Waals surface area contributed by atoms with Gasteiger partial charge in [-0.3, -0.25) is 9.59 Å². The molecule has 4 fully saturated rings. The van der Waals surface area contributed by atoms with Crippen molar-refractivity contribution < 1.29 is 33.0 Å². The van der Waals surface area contributed by atoms with E-state index in [2.05, 4.69) is 10.1 Å². The molecule has 326 valence electrons. The van der Waals surface area contributed by atoms with Crippen LogP contribution in [0.3, 0.4) is 0 Å². The molecule has 0 radical (unpaired) electrons. The van der Waals surface area contributed by atoms with Crippen LogP contribution in [0, 0.1) is 18.6 Å². The number of ether oxygens (including phenoxy) is 2. The number of amides is 2. The molecule has 8 heterocycles. The lowest BCUT2D eigenvalue weighted by Crippen LogP contribution is -2.65. The Bertz CT molecular complexity index is 2850. The average molecular weight is 861 g/mol. The third-order valence-electron chi connectivity index (χ3n) is 13.4. The number of likely N-dealkylation sites (tertiary alicyclic amines) is 1. The summed E-state index contributed by atoms with van der Waals surface area (Å²) >= 11 is 0. The number of benzene rings is 2. The third kappa shape index (κ3) is 6.40. The standard InChI is InChI=1S/C44H46F2N12O5/c1-5-62-29-20-53(4)40(60)35-17-28(63-43-47-13-11-32(50-43)30-14-25(46)15-33-37(30)54(22-29)23(2)49-33)21-56(35)38-31-18-48-58(34-9-6-24(45)16-36(34)59)39(31)52-42(51-38)57-27-10-12-44(57,3)41(61)55(19-27)26-7-8-26/h6,9,11,13-16,18,26-29,35,59H,5,7-8,10,12,17,19-22H2,1-4H3/t27-,28+,29+,35+,44+/m1/s1. The van der Waals surface area contributed by atoms with E-state index in [9.17, 15) is 14.3 Å². The molecule has 0 spiro atoms. The fraction of sp³-hybridized carbons (Fsp3) is 0.455. The van der Waals surface area contributed by atoms with Crippen LogP contribution in [0.15, 0.2) is 48.8 Å². The Morgan fingerprint density at radius 1 is 0.952 bits per heavy atom. The summed E-state index contributed by atoms with van der Waals surface area (Å²) in [5, 5.41) is 16.1. The number of aromatic hydroxyl groups is 1. The topological polar surface area (TPSA) is 173 Å². The van der Waals surface area contributed by atoms with Crippen molar-refractivity contribution in [3.63, 3.8) is 0 Å². The van der Waals surface area contributed by atoms with Crippen molar-refractivity contribution in [2.24, 2.45) is 0 Å². The van der Waals surface area contributed by atoms with Gasteiger partial charge in [0.05, 0.1) is 53.5 Å². The van der Waals surface area contributed by atoms with Crippen molar-refractivity contribution in [3.05, 3.63) is 66.3 Å². The van der Waals surface area contributed by atoms with E-state index in [1.807, 2.05) is 40.0 Å². The molecule has 19 heteroatoms. The lowest BCUT2D eigenvalue weighted by Gasteiger charge is -2.46. The molecule has 17 nitrogen and oxygen atoms in total. The van der Waals surface area contributed by atoms with Crippen LogP contribution in [0.5, 0.6) is 11.8 Å². The zero-order valence-corrected chi connectivity index (χ0v) is 35.3. The highest BCUT2D eigenvalue weighted by Crippen LogP contribution is 2.46. The Morgan fingerprint density at radius 3 is 2.59 bits per heavy atom. The van der Waals surface area contributed by atoms with Crippen LogP contribution in [0.4, 0.5) is 20.5 Å². The molecule has 6 aromatic rings. The molecule has 2 aromatic carbocycles. The predicted molar refractivity (Wildman–Crippen MR) is 226 cm³/mol. The SMILES string of the molecule is CCO[C@H]1CN(C)C(=O)[C@@H]2C[C@@H](CN2c2nc(N3[C@@H]4CC[C@@]3(C)C(=O)N(C3CC3)C4)nc3c2cnn3-c2ccc(F)cc2O)Oc2nccc(n2)-c2cc(F)cc3nc(C)n(c23)C1. The van der Waals surface area contributed by atoms with Crippen LogP contribution < -0.4 is 14.5 Å². The number of phenolic OH excluding ortho intramolecular Hbond substituents is 1. The molecular weight excluding hydrogens is 815 g/mol. The van der Waals surface area contributed by atoms with Gasteiger partial charge < -0.3 is 38.7 Å². The largest absolute Gasteiger partial charge is 0.506 e. The number of rotatable bonds is 6. The van der Waals surface area contributed by atoms with Gasteiger partial charge in [0, 0.05) is 63.1 Å². The van der Waals surface area contributed by atoms with Crippen molar-refractivity contribution in [2.45, 2.75) is 95.3 Å². The molecule has 2 amide bonds. The van der Waals surface area contributed by atoms with Gasteiger partial charge in [0.25, 0.3) is 0 Å². The maximum absolute atomic E-state index is 15.2. The summed E-state index contributed by atoms with van der Waals surface area (Å²) in [4.78, 5) is 61.2. The van der Waals surface area contributed by atoms with E-state index >= 15 is 9.18 Å². The number of fused-ring (bicyclic) bond motifs is 8. The van der Waals surface area contributed by atoms with Crippen LogP contribution in [0.25, 0.3) is 39.0 Å². The summed E-state index contributed by atoms with van der Waals surface area (Å²) in [5.74, 6) is -0.317. The molecule has 5 atom stereocenters. The first-order chi connectivity index (χ1) is 30.4. The second kappa shape index (κ2) is 14.5. The molecule has 3 saturated heterocycles. The summed E-state index contributed by atoms with van der Waals surface area (Å²) in [7, 11) is 1.74. The number of anilines is 2. The minimum Gasteiger partial charge on any atom is -0.506 e. The number of piperazine rings is 1. The van der Waals surface area contributed by atoms with Crippen LogP contribution in [0.2, 0.25) is 0 Å². The third-order valence-corrected chi connectivity index (χ3v) is 13.4. The molecule has 0 unspecified atom stereocenters. The van der Waals surface area contributed by atoms with E-state index in [0.29, 0.717) is 71.1 Å². The van der Waals surface area contributed by atoms with Crippen molar-refractivity contribution in [1.29, 1.82) is 0 Å². The number of hydrogen-bond donors (Lipinski definition) is 1. The normalized spacial score (nSPS) is 25.0. The first-order valence-electron chi connectivity index (χ1n) is 21.5. The lowest BCUT2D eigenvalue weighted by atomic mass is 9.96. The van der Waals surface area contributed by atoms with Gasteiger partial charge in [0.15, 0.2) is 5.65 Å². The van der Waals surface area contributed by atoms with E-state index in [1.54, 1.807) is 30.4 Å². The minimum absolute atomic E-state index is 0.0363.